The highest BCUT2D eigenvalue weighted by molar-refractivity contribution is 7.90. The second kappa shape index (κ2) is 4.97. The molecule has 7 nitrogen and oxygen atoms in total. The van der Waals surface area contributed by atoms with Gasteiger partial charge in [0.25, 0.3) is 5.16 Å². The largest absolute Gasteiger partial charge is 0.304 e. The van der Waals surface area contributed by atoms with Gasteiger partial charge in [0.05, 0.1) is 15.7 Å². The number of halogens is 2. The Hall–Kier alpha value is -1.64. The van der Waals surface area contributed by atoms with Crippen molar-refractivity contribution < 1.29 is 8.42 Å². The molecular weight excluding hydrogens is 337 g/mol. The molecule has 3 rings (SSSR count). The number of pyridine rings is 1. The van der Waals surface area contributed by atoms with Crippen LogP contribution in [0.3, 0.4) is 0 Å². The summed E-state index contributed by atoms with van der Waals surface area (Å²) in [6.07, 6.45) is 3.16. The van der Waals surface area contributed by atoms with Crippen molar-refractivity contribution in [3.63, 3.8) is 0 Å². The van der Waals surface area contributed by atoms with Crippen LogP contribution in [0.1, 0.15) is 11.5 Å². The molecule has 0 fully saturated rings. The van der Waals surface area contributed by atoms with Gasteiger partial charge in [-0.05, 0) is 13.0 Å². The fourth-order valence-electron chi connectivity index (χ4n) is 1.87. The molecule has 0 aromatic carbocycles. The average Bonchev–Trinajstić information content (AvgIpc) is 2.95. The van der Waals surface area contributed by atoms with Gasteiger partial charge < -0.3 is 4.40 Å². The monoisotopic (exact) mass is 345 g/mol. The topological polar surface area (TPSA) is 93.0 Å². The molecule has 21 heavy (non-hydrogen) atoms. The van der Waals surface area contributed by atoms with Crippen LogP contribution in [-0.2, 0) is 15.6 Å². The number of aromatic amines is 1. The number of fused-ring (bicyclic) bond motifs is 1. The van der Waals surface area contributed by atoms with Gasteiger partial charge >= 0.3 is 0 Å². The van der Waals surface area contributed by atoms with Gasteiger partial charge in [-0.1, -0.05) is 23.2 Å². The van der Waals surface area contributed by atoms with Crippen molar-refractivity contribution in [2.24, 2.45) is 0 Å². The fourth-order valence-corrected chi connectivity index (χ4v) is 3.51. The number of H-pyrrole nitrogens is 1. The van der Waals surface area contributed by atoms with Crippen LogP contribution in [0.25, 0.3) is 5.65 Å². The van der Waals surface area contributed by atoms with Gasteiger partial charge in [-0.3, -0.25) is 5.10 Å². The number of hydrogen-bond donors (Lipinski definition) is 1. The molecule has 0 aliphatic heterocycles. The highest BCUT2D eigenvalue weighted by Crippen LogP contribution is 2.23. The van der Waals surface area contributed by atoms with E-state index in [1.54, 1.807) is 29.8 Å². The number of nitrogens with zero attached hydrogens (tertiary/aromatic N) is 4. The minimum absolute atomic E-state index is 0.249. The van der Waals surface area contributed by atoms with Crippen molar-refractivity contribution in [2.45, 2.75) is 17.8 Å². The van der Waals surface area contributed by atoms with Gasteiger partial charge in [-0.25, -0.2) is 18.4 Å². The molecule has 10 heteroatoms. The molecule has 0 saturated heterocycles. The van der Waals surface area contributed by atoms with E-state index < -0.39 is 9.84 Å². The maximum atomic E-state index is 12.2. The number of imidazole rings is 1. The molecule has 0 atom stereocenters. The lowest BCUT2D eigenvalue weighted by atomic mass is 10.5. The first-order valence-corrected chi connectivity index (χ1v) is 8.20. The number of sulfone groups is 1. The summed E-state index contributed by atoms with van der Waals surface area (Å²) in [6.45, 7) is 1.62. The highest BCUT2D eigenvalue weighted by Gasteiger charge is 2.22. The van der Waals surface area contributed by atoms with E-state index >= 15 is 0 Å². The maximum absolute atomic E-state index is 12.2. The first kappa shape index (κ1) is 14.3. The SMILES string of the molecule is Cc1nc(S(=O)(=O)Cc2cn3cc(Cl)cc(Cl)c3n2)n[nH]1. The molecule has 0 aliphatic carbocycles. The lowest BCUT2D eigenvalue weighted by Crippen LogP contribution is -2.07. The first-order chi connectivity index (χ1) is 9.85. The molecule has 0 radical (unpaired) electrons. The van der Waals surface area contributed by atoms with Crippen molar-refractivity contribution in [1.82, 2.24) is 24.6 Å². The minimum Gasteiger partial charge on any atom is -0.304 e. The Morgan fingerprint density at radius 2 is 2.05 bits per heavy atom. The van der Waals surface area contributed by atoms with E-state index in [9.17, 15) is 8.42 Å². The average molecular weight is 346 g/mol. The Bertz CT molecular complexity index is 931. The molecule has 3 aromatic rings. The third-order valence-corrected chi connectivity index (χ3v) is 4.62. The zero-order chi connectivity index (χ0) is 15.2. The number of hydrogen-bond acceptors (Lipinski definition) is 5. The van der Waals surface area contributed by atoms with Crippen LogP contribution < -0.4 is 0 Å². The smallest absolute Gasteiger partial charge is 0.267 e. The summed E-state index contributed by atoms with van der Waals surface area (Å²) in [7, 11) is -3.67. The highest BCUT2D eigenvalue weighted by atomic mass is 35.5. The van der Waals surface area contributed by atoms with Crippen molar-refractivity contribution in [3.8, 4) is 0 Å². The second-order valence-electron chi connectivity index (χ2n) is 4.43. The molecule has 3 heterocycles. The molecule has 0 spiro atoms. The fraction of sp³-hybridized carbons (Fsp3) is 0.182. The predicted molar refractivity (Wildman–Crippen MR) is 77.2 cm³/mol. The van der Waals surface area contributed by atoms with Gasteiger partial charge in [-0.15, -0.1) is 5.10 Å². The normalized spacial score (nSPS) is 12.1. The summed E-state index contributed by atoms with van der Waals surface area (Å²) >= 11 is 11.9. The van der Waals surface area contributed by atoms with Crippen LogP contribution in [0.4, 0.5) is 0 Å². The van der Waals surface area contributed by atoms with E-state index in [4.69, 9.17) is 23.2 Å². The zero-order valence-corrected chi connectivity index (χ0v) is 13.0. The lowest BCUT2D eigenvalue weighted by Gasteiger charge is -1.95. The van der Waals surface area contributed by atoms with Gasteiger partial charge in [0.1, 0.15) is 11.6 Å². The Morgan fingerprint density at radius 1 is 1.29 bits per heavy atom. The Morgan fingerprint density at radius 3 is 2.71 bits per heavy atom. The summed E-state index contributed by atoms with van der Waals surface area (Å²) in [5, 5.41) is 6.69. The Kier molecular flexibility index (Phi) is 3.39. The van der Waals surface area contributed by atoms with Crippen LogP contribution in [0.5, 0.6) is 0 Å². The zero-order valence-electron chi connectivity index (χ0n) is 10.7. The number of aromatic nitrogens is 5. The molecule has 3 aromatic heterocycles. The summed E-state index contributed by atoms with van der Waals surface area (Å²) in [4.78, 5) is 8.03. The summed E-state index contributed by atoms with van der Waals surface area (Å²) < 4.78 is 26.0. The molecule has 0 amide bonds. The van der Waals surface area contributed by atoms with E-state index in [-0.39, 0.29) is 10.9 Å². The van der Waals surface area contributed by atoms with Crippen LogP contribution in [0.15, 0.2) is 23.6 Å². The third-order valence-electron chi connectivity index (χ3n) is 2.72. The molecule has 1 N–H and O–H groups in total. The van der Waals surface area contributed by atoms with E-state index in [1.165, 1.54) is 0 Å². The number of rotatable bonds is 3. The Balaban J connectivity index is 2.00. The van der Waals surface area contributed by atoms with Gasteiger partial charge in [0.2, 0.25) is 9.84 Å². The van der Waals surface area contributed by atoms with Crippen molar-refractivity contribution in [1.29, 1.82) is 0 Å². The second-order valence-corrected chi connectivity index (χ2v) is 7.16. The van der Waals surface area contributed by atoms with E-state index in [0.717, 1.165) is 0 Å². The first-order valence-electron chi connectivity index (χ1n) is 5.79. The van der Waals surface area contributed by atoms with E-state index in [0.29, 0.717) is 27.2 Å². The van der Waals surface area contributed by atoms with E-state index in [2.05, 4.69) is 20.2 Å². The predicted octanol–water partition coefficient (Wildman–Crippen LogP) is 2.04. The van der Waals surface area contributed by atoms with Crippen molar-refractivity contribution in [2.75, 3.05) is 0 Å². The summed E-state index contributed by atoms with van der Waals surface area (Å²) in [6, 6.07) is 1.54. The van der Waals surface area contributed by atoms with Crippen LogP contribution in [-0.4, -0.2) is 33.0 Å². The van der Waals surface area contributed by atoms with Crippen LogP contribution >= 0.6 is 23.2 Å². The van der Waals surface area contributed by atoms with Gasteiger partial charge in [-0.2, -0.15) is 0 Å². The van der Waals surface area contributed by atoms with Crippen LogP contribution in [0.2, 0.25) is 10.0 Å². The van der Waals surface area contributed by atoms with Crippen LogP contribution in [0, 0.1) is 6.92 Å². The van der Waals surface area contributed by atoms with Gasteiger partial charge in [0.15, 0.2) is 5.65 Å². The van der Waals surface area contributed by atoms with E-state index in [1.807, 2.05) is 0 Å². The molecule has 0 bridgehead atoms. The Labute approximate surface area is 129 Å². The summed E-state index contributed by atoms with van der Waals surface area (Å²) in [5.74, 6) is 0.110. The third kappa shape index (κ3) is 2.74. The standard InChI is InChI=1S/C11H9Cl2N5O2S/c1-6-14-11(17-16-6)21(19,20)5-8-4-18-3-7(12)2-9(13)10(18)15-8/h2-4H,5H2,1H3,(H,14,16,17). The molecular formula is C11H9Cl2N5O2S. The van der Waals surface area contributed by atoms with Gasteiger partial charge in [0, 0.05) is 12.4 Å². The molecule has 0 aliphatic rings. The lowest BCUT2D eigenvalue weighted by molar-refractivity contribution is 0.586. The number of aryl methyl sites for hydroxylation is 1. The quantitative estimate of drug-likeness (QED) is 0.783. The molecule has 0 unspecified atom stereocenters. The number of nitrogens with one attached hydrogen (secondary N) is 1. The molecule has 0 saturated carbocycles. The van der Waals surface area contributed by atoms with Crippen molar-refractivity contribution >= 4 is 38.7 Å². The minimum atomic E-state index is -3.67. The maximum Gasteiger partial charge on any atom is 0.267 e. The summed E-state index contributed by atoms with van der Waals surface area (Å²) in [5.41, 5.74) is 0.777. The van der Waals surface area contributed by atoms with Crippen molar-refractivity contribution in [3.05, 3.63) is 40.0 Å². The molecule has 110 valence electrons.